The van der Waals surface area contributed by atoms with Gasteiger partial charge in [0.25, 0.3) is 0 Å². The number of nitrogens with zero attached hydrogens (tertiary/aromatic N) is 2. The Morgan fingerprint density at radius 2 is 2.15 bits per heavy atom. The zero-order chi connectivity index (χ0) is 14.2. The van der Waals surface area contributed by atoms with Crippen LogP contribution in [-0.4, -0.2) is 23.2 Å². The lowest BCUT2D eigenvalue weighted by Crippen LogP contribution is -2.08. The van der Waals surface area contributed by atoms with E-state index in [1.807, 2.05) is 0 Å². The van der Waals surface area contributed by atoms with E-state index in [0.717, 1.165) is 31.6 Å². The van der Waals surface area contributed by atoms with Crippen molar-refractivity contribution in [1.82, 2.24) is 15.5 Å². The summed E-state index contributed by atoms with van der Waals surface area (Å²) in [6.07, 6.45) is -3.48. The zero-order valence-electron chi connectivity index (χ0n) is 10.4. The number of benzene rings is 1. The predicted octanol–water partition coefficient (Wildman–Crippen LogP) is 2.83. The summed E-state index contributed by atoms with van der Waals surface area (Å²) in [7, 11) is 0. The van der Waals surface area contributed by atoms with E-state index in [9.17, 15) is 13.2 Å². The maximum absolute atomic E-state index is 12.7. The highest BCUT2D eigenvalue weighted by atomic mass is 19.4. The smallest absolute Gasteiger partial charge is 0.339 e. The first-order chi connectivity index (χ1) is 9.54. The van der Waals surface area contributed by atoms with Gasteiger partial charge in [-0.3, -0.25) is 0 Å². The number of aromatic nitrogens is 2. The topological polar surface area (TPSA) is 51.0 Å². The summed E-state index contributed by atoms with van der Waals surface area (Å²) in [6.45, 7) is 1.64. The number of halogens is 3. The highest BCUT2D eigenvalue weighted by Gasteiger charge is 2.31. The Balaban J connectivity index is 1.89. The van der Waals surface area contributed by atoms with Crippen LogP contribution in [0.15, 0.2) is 28.8 Å². The molecule has 0 amide bonds. The van der Waals surface area contributed by atoms with Gasteiger partial charge in [-0.2, -0.15) is 18.2 Å². The van der Waals surface area contributed by atoms with Crippen LogP contribution in [0, 0.1) is 0 Å². The zero-order valence-corrected chi connectivity index (χ0v) is 10.4. The van der Waals surface area contributed by atoms with Gasteiger partial charge in [0.1, 0.15) is 0 Å². The SMILES string of the molecule is FC(F)(F)c1cccc(-c2noc([C@H]3CCNC3)n2)c1. The third-order valence-corrected chi connectivity index (χ3v) is 3.30. The van der Waals surface area contributed by atoms with Crippen molar-refractivity contribution in [2.24, 2.45) is 0 Å². The third kappa shape index (κ3) is 2.53. The quantitative estimate of drug-likeness (QED) is 0.920. The van der Waals surface area contributed by atoms with Crippen LogP contribution < -0.4 is 5.32 Å². The van der Waals surface area contributed by atoms with Crippen molar-refractivity contribution in [3.8, 4) is 11.4 Å². The monoisotopic (exact) mass is 283 g/mol. The maximum atomic E-state index is 12.7. The Morgan fingerprint density at radius 3 is 2.85 bits per heavy atom. The lowest BCUT2D eigenvalue weighted by atomic mass is 10.1. The number of hydrogen-bond donors (Lipinski definition) is 1. The predicted molar refractivity (Wildman–Crippen MR) is 65.0 cm³/mol. The van der Waals surface area contributed by atoms with Crippen LogP contribution in [0.4, 0.5) is 13.2 Å². The summed E-state index contributed by atoms with van der Waals surface area (Å²) in [5.74, 6) is 0.808. The second-order valence-corrected chi connectivity index (χ2v) is 4.72. The standard InChI is InChI=1S/C13H12F3N3O/c14-13(15,16)10-3-1-2-8(6-10)11-18-12(20-19-11)9-4-5-17-7-9/h1-3,6,9,17H,4-5,7H2/t9-/m0/s1. The molecular weight excluding hydrogens is 271 g/mol. The molecule has 1 aromatic heterocycles. The Morgan fingerprint density at radius 1 is 1.30 bits per heavy atom. The van der Waals surface area contributed by atoms with Gasteiger partial charge in [-0.25, -0.2) is 0 Å². The lowest BCUT2D eigenvalue weighted by Gasteiger charge is -2.06. The third-order valence-electron chi connectivity index (χ3n) is 3.30. The van der Waals surface area contributed by atoms with E-state index in [-0.39, 0.29) is 11.7 Å². The van der Waals surface area contributed by atoms with E-state index >= 15 is 0 Å². The molecule has 2 aromatic rings. The molecule has 0 unspecified atom stereocenters. The van der Waals surface area contributed by atoms with Crippen molar-refractivity contribution >= 4 is 0 Å². The van der Waals surface area contributed by atoms with Gasteiger partial charge in [0.2, 0.25) is 11.7 Å². The minimum atomic E-state index is -4.38. The first-order valence-corrected chi connectivity index (χ1v) is 6.26. The highest BCUT2D eigenvalue weighted by molar-refractivity contribution is 5.55. The van der Waals surface area contributed by atoms with Crippen LogP contribution in [0.25, 0.3) is 11.4 Å². The van der Waals surface area contributed by atoms with Gasteiger partial charge in [0, 0.05) is 12.1 Å². The lowest BCUT2D eigenvalue weighted by molar-refractivity contribution is -0.137. The molecule has 0 spiro atoms. The molecule has 1 aromatic carbocycles. The fourth-order valence-electron chi connectivity index (χ4n) is 2.22. The fourth-order valence-corrected chi connectivity index (χ4v) is 2.22. The summed E-state index contributed by atoms with van der Waals surface area (Å²) in [4.78, 5) is 4.20. The second kappa shape index (κ2) is 4.90. The first-order valence-electron chi connectivity index (χ1n) is 6.26. The second-order valence-electron chi connectivity index (χ2n) is 4.72. The minimum absolute atomic E-state index is 0.141. The summed E-state index contributed by atoms with van der Waals surface area (Å²) in [5, 5.41) is 6.95. The molecule has 2 heterocycles. The fraction of sp³-hybridized carbons (Fsp3) is 0.385. The number of hydrogen-bond acceptors (Lipinski definition) is 4. The molecule has 1 aliphatic heterocycles. The van der Waals surface area contributed by atoms with Crippen LogP contribution in [0.2, 0.25) is 0 Å². The van der Waals surface area contributed by atoms with Crippen LogP contribution in [-0.2, 0) is 6.18 Å². The molecule has 1 atom stereocenters. The molecule has 1 N–H and O–H groups in total. The molecule has 4 nitrogen and oxygen atoms in total. The Hall–Kier alpha value is -1.89. The van der Waals surface area contributed by atoms with E-state index in [4.69, 9.17) is 4.52 Å². The molecule has 0 radical (unpaired) electrons. The van der Waals surface area contributed by atoms with Gasteiger partial charge in [-0.15, -0.1) is 0 Å². The van der Waals surface area contributed by atoms with Crippen LogP contribution in [0.5, 0.6) is 0 Å². The number of rotatable bonds is 2. The van der Waals surface area contributed by atoms with E-state index in [2.05, 4.69) is 15.5 Å². The summed E-state index contributed by atoms with van der Waals surface area (Å²) in [6, 6.07) is 4.93. The summed E-state index contributed by atoms with van der Waals surface area (Å²) < 4.78 is 43.1. The Labute approximate surface area is 113 Å². The van der Waals surface area contributed by atoms with E-state index < -0.39 is 11.7 Å². The van der Waals surface area contributed by atoms with Crippen molar-refractivity contribution in [3.05, 3.63) is 35.7 Å². The van der Waals surface area contributed by atoms with Crippen LogP contribution >= 0.6 is 0 Å². The molecule has 1 aliphatic rings. The van der Waals surface area contributed by atoms with Crippen LogP contribution in [0.1, 0.15) is 23.8 Å². The molecule has 106 valence electrons. The average Bonchev–Trinajstić information content (AvgIpc) is 3.09. The van der Waals surface area contributed by atoms with Gasteiger partial charge in [0.05, 0.1) is 11.5 Å². The van der Waals surface area contributed by atoms with Crippen molar-refractivity contribution in [2.75, 3.05) is 13.1 Å². The molecule has 3 rings (SSSR count). The molecule has 0 bridgehead atoms. The molecule has 1 fully saturated rings. The first kappa shape index (κ1) is 13.1. The van der Waals surface area contributed by atoms with Crippen molar-refractivity contribution in [2.45, 2.75) is 18.5 Å². The van der Waals surface area contributed by atoms with E-state index in [1.165, 1.54) is 12.1 Å². The van der Waals surface area contributed by atoms with E-state index in [1.54, 1.807) is 0 Å². The Bertz CT molecular complexity index is 603. The number of nitrogens with one attached hydrogen (secondary N) is 1. The van der Waals surface area contributed by atoms with E-state index in [0.29, 0.717) is 11.5 Å². The number of alkyl halides is 3. The molecule has 20 heavy (non-hydrogen) atoms. The molecule has 1 saturated heterocycles. The van der Waals surface area contributed by atoms with Crippen molar-refractivity contribution in [3.63, 3.8) is 0 Å². The Kier molecular flexibility index (Phi) is 3.21. The normalized spacial score (nSPS) is 19.4. The largest absolute Gasteiger partial charge is 0.416 e. The summed E-state index contributed by atoms with van der Waals surface area (Å²) >= 11 is 0. The minimum Gasteiger partial charge on any atom is -0.339 e. The van der Waals surface area contributed by atoms with Gasteiger partial charge in [-0.05, 0) is 25.1 Å². The van der Waals surface area contributed by atoms with Gasteiger partial charge in [-0.1, -0.05) is 17.3 Å². The highest BCUT2D eigenvalue weighted by Crippen LogP contribution is 2.32. The molecule has 0 aliphatic carbocycles. The molecule has 0 saturated carbocycles. The van der Waals surface area contributed by atoms with Crippen molar-refractivity contribution in [1.29, 1.82) is 0 Å². The van der Waals surface area contributed by atoms with Gasteiger partial charge in [0.15, 0.2) is 0 Å². The molecule has 7 heteroatoms. The van der Waals surface area contributed by atoms with Gasteiger partial charge >= 0.3 is 6.18 Å². The summed E-state index contributed by atoms with van der Waals surface area (Å²) in [5.41, 5.74) is -0.412. The van der Waals surface area contributed by atoms with Crippen LogP contribution in [0.3, 0.4) is 0 Å². The maximum Gasteiger partial charge on any atom is 0.416 e. The van der Waals surface area contributed by atoms with Crippen molar-refractivity contribution < 1.29 is 17.7 Å². The molecular formula is C13H12F3N3O. The van der Waals surface area contributed by atoms with Gasteiger partial charge < -0.3 is 9.84 Å². The average molecular weight is 283 g/mol.